The summed E-state index contributed by atoms with van der Waals surface area (Å²) in [6.45, 7) is 2.00. The summed E-state index contributed by atoms with van der Waals surface area (Å²) in [5.41, 5.74) is 10.3. The van der Waals surface area contributed by atoms with Crippen LogP contribution in [0.15, 0.2) is 24.4 Å². The van der Waals surface area contributed by atoms with E-state index in [2.05, 4.69) is 20.4 Å². The average molecular weight is 213 g/mol. The second-order valence-corrected chi connectivity index (χ2v) is 3.78. The summed E-state index contributed by atoms with van der Waals surface area (Å²) >= 11 is 0. The Labute approximate surface area is 91.7 Å². The van der Waals surface area contributed by atoms with Crippen molar-refractivity contribution in [2.45, 2.75) is 6.92 Å². The van der Waals surface area contributed by atoms with Crippen LogP contribution in [0.4, 0.5) is 5.69 Å². The van der Waals surface area contributed by atoms with E-state index in [4.69, 9.17) is 5.73 Å². The molecule has 0 saturated carbocycles. The van der Waals surface area contributed by atoms with Crippen molar-refractivity contribution in [2.24, 2.45) is 0 Å². The van der Waals surface area contributed by atoms with Crippen molar-refractivity contribution in [3.8, 4) is 11.3 Å². The molecular weight excluding hydrogens is 202 g/mol. The number of nitrogen functional groups attached to an aromatic ring is 1. The van der Waals surface area contributed by atoms with Gasteiger partial charge in [0.05, 0.1) is 23.1 Å². The highest BCUT2D eigenvalue weighted by molar-refractivity contribution is 5.87. The maximum absolute atomic E-state index is 5.80. The Morgan fingerprint density at radius 2 is 2.12 bits per heavy atom. The largest absolute Gasteiger partial charge is 0.396 e. The lowest BCUT2D eigenvalue weighted by atomic mass is 10.1. The van der Waals surface area contributed by atoms with Crippen LogP contribution >= 0.6 is 0 Å². The van der Waals surface area contributed by atoms with Gasteiger partial charge in [-0.25, -0.2) is 0 Å². The van der Waals surface area contributed by atoms with Crippen molar-refractivity contribution in [1.29, 1.82) is 0 Å². The Bertz CT molecular complexity index is 649. The third kappa shape index (κ3) is 1.18. The van der Waals surface area contributed by atoms with Crippen LogP contribution in [0.2, 0.25) is 0 Å². The average Bonchev–Trinajstić information content (AvgIpc) is 2.86. The standard InChI is InChI=1S/C11H11N5/c1-6-8-3-2-7(4-10(8)15-14-6)11-9(12)5-13-16-11/h2-5H,12H2,1H3,(H,13,16)(H,14,15). The Kier molecular flexibility index (Phi) is 1.73. The highest BCUT2D eigenvalue weighted by Gasteiger charge is 2.07. The minimum atomic E-state index is 0.645. The van der Waals surface area contributed by atoms with Crippen molar-refractivity contribution >= 4 is 16.6 Å². The second kappa shape index (κ2) is 3.10. The van der Waals surface area contributed by atoms with Crippen molar-refractivity contribution in [3.05, 3.63) is 30.1 Å². The fourth-order valence-electron chi connectivity index (χ4n) is 1.83. The van der Waals surface area contributed by atoms with Crippen molar-refractivity contribution in [3.63, 3.8) is 0 Å². The first-order chi connectivity index (χ1) is 7.75. The maximum atomic E-state index is 5.80. The van der Waals surface area contributed by atoms with E-state index in [1.807, 2.05) is 25.1 Å². The summed E-state index contributed by atoms with van der Waals surface area (Å²) in [4.78, 5) is 0. The zero-order chi connectivity index (χ0) is 11.1. The fourth-order valence-corrected chi connectivity index (χ4v) is 1.83. The van der Waals surface area contributed by atoms with Gasteiger partial charge in [-0.1, -0.05) is 12.1 Å². The first kappa shape index (κ1) is 8.96. The molecule has 0 fully saturated rings. The van der Waals surface area contributed by atoms with Gasteiger partial charge in [-0.2, -0.15) is 10.2 Å². The number of hydrogen-bond acceptors (Lipinski definition) is 3. The van der Waals surface area contributed by atoms with Gasteiger partial charge in [-0.15, -0.1) is 0 Å². The number of nitrogens with two attached hydrogens (primary N) is 1. The normalized spacial score (nSPS) is 11.1. The molecule has 0 aliphatic carbocycles. The summed E-state index contributed by atoms with van der Waals surface area (Å²) < 4.78 is 0. The van der Waals surface area contributed by atoms with Crippen LogP contribution < -0.4 is 5.73 Å². The Morgan fingerprint density at radius 1 is 1.25 bits per heavy atom. The van der Waals surface area contributed by atoms with E-state index in [1.54, 1.807) is 6.20 Å². The highest BCUT2D eigenvalue weighted by Crippen LogP contribution is 2.26. The van der Waals surface area contributed by atoms with Crippen LogP contribution in [0.1, 0.15) is 5.69 Å². The summed E-state index contributed by atoms with van der Waals surface area (Å²) in [7, 11) is 0. The van der Waals surface area contributed by atoms with Crippen molar-refractivity contribution in [2.75, 3.05) is 5.73 Å². The van der Waals surface area contributed by atoms with E-state index in [9.17, 15) is 0 Å². The number of aromatic nitrogens is 4. The fraction of sp³-hybridized carbons (Fsp3) is 0.0909. The van der Waals surface area contributed by atoms with Crippen molar-refractivity contribution < 1.29 is 0 Å². The number of aromatic amines is 2. The number of hydrogen-bond donors (Lipinski definition) is 3. The number of nitrogens with one attached hydrogen (secondary N) is 2. The molecule has 0 unspecified atom stereocenters. The molecule has 0 atom stereocenters. The number of rotatable bonds is 1. The van der Waals surface area contributed by atoms with Gasteiger partial charge in [0.15, 0.2) is 0 Å². The second-order valence-electron chi connectivity index (χ2n) is 3.78. The number of nitrogens with zero attached hydrogens (tertiary/aromatic N) is 2. The van der Waals surface area contributed by atoms with Gasteiger partial charge in [0, 0.05) is 16.6 Å². The molecule has 1 aromatic carbocycles. The minimum absolute atomic E-state index is 0.645. The summed E-state index contributed by atoms with van der Waals surface area (Å²) in [5.74, 6) is 0. The molecule has 2 heterocycles. The van der Waals surface area contributed by atoms with Crippen LogP contribution in [0, 0.1) is 6.92 Å². The van der Waals surface area contributed by atoms with E-state index < -0.39 is 0 Å². The molecule has 5 heteroatoms. The van der Waals surface area contributed by atoms with Crippen LogP contribution in [0.25, 0.3) is 22.2 Å². The molecule has 0 amide bonds. The molecule has 0 saturated heterocycles. The topological polar surface area (TPSA) is 83.4 Å². The molecular formula is C11H11N5. The number of anilines is 1. The van der Waals surface area contributed by atoms with Crippen LogP contribution in [-0.2, 0) is 0 Å². The lowest BCUT2D eigenvalue weighted by Gasteiger charge is -1.99. The van der Waals surface area contributed by atoms with E-state index in [1.165, 1.54) is 0 Å². The van der Waals surface area contributed by atoms with Gasteiger partial charge >= 0.3 is 0 Å². The van der Waals surface area contributed by atoms with E-state index in [-0.39, 0.29) is 0 Å². The first-order valence-corrected chi connectivity index (χ1v) is 4.99. The van der Waals surface area contributed by atoms with Gasteiger partial charge in [-0.3, -0.25) is 10.2 Å². The number of fused-ring (bicyclic) bond motifs is 1. The van der Waals surface area contributed by atoms with Crippen molar-refractivity contribution in [1.82, 2.24) is 20.4 Å². The zero-order valence-electron chi connectivity index (χ0n) is 8.78. The number of benzene rings is 1. The van der Waals surface area contributed by atoms with Gasteiger partial charge in [0.25, 0.3) is 0 Å². The lowest BCUT2D eigenvalue weighted by molar-refractivity contribution is 1.07. The molecule has 0 aliphatic heterocycles. The van der Waals surface area contributed by atoms with Crippen LogP contribution in [-0.4, -0.2) is 20.4 Å². The highest BCUT2D eigenvalue weighted by atomic mass is 15.1. The molecule has 0 aliphatic rings. The predicted molar refractivity (Wildman–Crippen MR) is 62.8 cm³/mol. The molecule has 3 aromatic rings. The van der Waals surface area contributed by atoms with E-state index >= 15 is 0 Å². The number of H-pyrrole nitrogens is 2. The summed E-state index contributed by atoms with van der Waals surface area (Å²) in [6.07, 6.45) is 1.61. The molecule has 0 spiro atoms. The smallest absolute Gasteiger partial charge is 0.0930 e. The van der Waals surface area contributed by atoms with Gasteiger partial charge in [0.1, 0.15) is 0 Å². The van der Waals surface area contributed by atoms with E-state index in [0.717, 1.165) is 27.9 Å². The van der Waals surface area contributed by atoms with Gasteiger partial charge < -0.3 is 5.73 Å². The molecule has 3 rings (SSSR count). The molecule has 0 radical (unpaired) electrons. The van der Waals surface area contributed by atoms with Gasteiger partial charge in [-0.05, 0) is 13.0 Å². The van der Waals surface area contributed by atoms with Crippen LogP contribution in [0.5, 0.6) is 0 Å². The molecule has 80 valence electrons. The minimum Gasteiger partial charge on any atom is -0.396 e. The Morgan fingerprint density at radius 3 is 2.88 bits per heavy atom. The SMILES string of the molecule is Cc1[nH]nc2cc(-c3[nH]ncc3N)ccc12. The third-order valence-electron chi connectivity index (χ3n) is 2.70. The van der Waals surface area contributed by atoms with Gasteiger partial charge in [0.2, 0.25) is 0 Å². The third-order valence-corrected chi connectivity index (χ3v) is 2.70. The molecule has 2 aromatic heterocycles. The molecule has 5 nitrogen and oxygen atoms in total. The first-order valence-electron chi connectivity index (χ1n) is 4.99. The zero-order valence-corrected chi connectivity index (χ0v) is 8.78. The van der Waals surface area contributed by atoms with Crippen LogP contribution in [0.3, 0.4) is 0 Å². The molecule has 16 heavy (non-hydrogen) atoms. The Hall–Kier alpha value is -2.30. The summed E-state index contributed by atoms with van der Waals surface area (Å²) in [6, 6.07) is 6.03. The summed E-state index contributed by atoms with van der Waals surface area (Å²) in [5, 5.41) is 15.1. The lowest BCUT2D eigenvalue weighted by Crippen LogP contribution is -1.86. The Balaban J connectivity index is 2.23. The van der Waals surface area contributed by atoms with E-state index in [0.29, 0.717) is 5.69 Å². The monoisotopic (exact) mass is 213 g/mol. The predicted octanol–water partition coefficient (Wildman–Crippen LogP) is 1.84. The number of aryl methyl sites for hydroxylation is 1. The quantitative estimate of drug-likeness (QED) is 0.576. The molecule has 0 bridgehead atoms. The molecule has 4 N–H and O–H groups in total. The maximum Gasteiger partial charge on any atom is 0.0930 e.